The predicted octanol–water partition coefficient (Wildman–Crippen LogP) is 8.09. The highest BCUT2D eigenvalue weighted by Crippen LogP contribution is 2.29. The van der Waals surface area contributed by atoms with E-state index in [1.165, 1.54) is 12.3 Å². The molecule has 2 N–H and O–H groups in total. The summed E-state index contributed by atoms with van der Waals surface area (Å²) in [4.78, 5) is 25.9. The fourth-order valence-electron chi connectivity index (χ4n) is 3.60. The van der Waals surface area contributed by atoms with Crippen LogP contribution >= 0.6 is 62.3 Å². The van der Waals surface area contributed by atoms with Gasteiger partial charge in [-0.3, -0.25) is 9.59 Å². The van der Waals surface area contributed by atoms with Crippen LogP contribution in [0.2, 0.25) is 20.1 Å². The van der Waals surface area contributed by atoms with E-state index < -0.39 is 24.0 Å². The third-order valence-electron chi connectivity index (χ3n) is 5.66. The van der Waals surface area contributed by atoms with Crippen LogP contribution in [0, 0.1) is 5.92 Å². The number of hydrogen-bond acceptors (Lipinski definition) is 5. The first kappa shape index (κ1) is 33.0. The molecular weight excluding hydrogens is 676 g/mol. The van der Waals surface area contributed by atoms with Crippen molar-refractivity contribution in [3.8, 4) is 11.5 Å². The summed E-state index contributed by atoms with van der Waals surface area (Å²) in [5, 5.41) is 8.60. The van der Waals surface area contributed by atoms with Crippen LogP contribution in [0.3, 0.4) is 0 Å². The van der Waals surface area contributed by atoms with Gasteiger partial charge in [0.25, 0.3) is 11.8 Å². The van der Waals surface area contributed by atoms with E-state index in [4.69, 9.17) is 55.9 Å². The van der Waals surface area contributed by atoms with Gasteiger partial charge in [0.15, 0.2) is 6.10 Å². The van der Waals surface area contributed by atoms with Crippen LogP contribution < -0.4 is 20.2 Å². The lowest BCUT2D eigenvalue weighted by Crippen LogP contribution is -2.49. The zero-order valence-electron chi connectivity index (χ0n) is 22.4. The van der Waals surface area contributed by atoms with Gasteiger partial charge in [0.2, 0.25) is 0 Å². The van der Waals surface area contributed by atoms with Crippen molar-refractivity contribution in [1.82, 2.24) is 10.7 Å². The summed E-state index contributed by atoms with van der Waals surface area (Å²) < 4.78 is 12.4. The molecule has 218 valence electrons. The number of carbonyl (C=O) groups is 2. The molecule has 0 unspecified atom stereocenters. The molecule has 3 aromatic rings. The Bertz CT molecular complexity index is 1420. The molecule has 0 saturated heterocycles. The Labute approximate surface area is 267 Å². The van der Waals surface area contributed by atoms with Gasteiger partial charge >= 0.3 is 0 Å². The molecule has 0 saturated carbocycles. The first-order valence-electron chi connectivity index (χ1n) is 12.5. The standard InChI is InChI=1S/C29H28BrCl4N3O4/c1-16(2)10-25(36-28(38)17(3)41-27-9-7-22(32)13-24(27)34)29(39)37-35-14-19-11-20(30)5-8-26(19)40-15-18-4-6-21(31)12-23(18)33/h4-9,11-14,16-17,25H,10,15H2,1-3H3,(H,36,38)(H,37,39)/b35-14-/t17-,25+/m0/s1. The lowest BCUT2D eigenvalue weighted by atomic mass is 10.0. The number of nitrogens with zero attached hydrogens (tertiary/aromatic N) is 1. The SMILES string of the molecule is CC(C)C[C@@H](NC(=O)[C@H](C)Oc1ccc(Cl)cc1Cl)C(=O)N/N=C\c1cc(Br)ccc1OCc1ccc(Cl)cc1Cl. The first-order chi connectivity index (χ1) is 19.4. The summed E-state index contributed by atoms with van der Waals surface area (Å²) in [7, 11) is 0. The normalized spacial score (nSPS) is 12.7. The summed E-state index contributed by atoms with van der Waals surface area (Å²) in [5.41, 5.74) is 3.88. The Balaban J connectivity index is 1.65. The Hall–Kier alpha value is -2.49. The molecule has 7 nitrogen and oxygen atoms in total. The predicted molar refractivity (Wildman–Crippen MR) is 169 cm³/mol. The summed E-state index contributed by atoms with van der Waals surface area (Å²) in [6, 6.07) is 14.4. The molecular formula is C29H28BrCl4N3O4. The maximum Gasteiger partial charge on any atom is 0.262 e. The Kier molecular flexibility index (Phi) is 12.6. The molecule has 2 amide bonds. The number of amides is 2. The molecule has 0 aliphatic carbocycles. The second-order valence-corrected chi connectivity index (χ2v) is 12.1. The van der Waals surface area contributed by atoms with E-state index in [-0.39, 0.29) is 17.5 Å². The van der Waals surface area contributed by atoms with E-state index in [2.05, 4.69) is 31.8 Å². The average molecular weight is 704 g/mol. The monoisotopic (exact) mass is 701 g/mol. The molecule has 0 radical (unpaired) electrons. The van der Waals surface area contributed by atoms with Crippen molar-refractivity contribution in [2.24, 2.45) is 11.0 Å². The fraction of sp³-hybridized carbons (Fsp3) is 0.276. The molecule has 0 aliphatic rings. The minimum absolute atomic E-state index is 0.113. The van der Waals surface area contributed by atoms with Gasteiger partial charge < -0.3 is 14.8 Å². The van der Waals surface area contributed by atoms with Crippen molar-refractivity contribution < 1.29 is 19.1 Å². The van der Waals surface area contributed by atoms with Gasteiger partial charge in [-0.2, -0.15) is 5.10 Å². The van der Waals surface area contributed by atoms with Crippen molar-refractivity contribution in [2.75, 3.05) is 0 Å². The Morgan fingerprint density at radius 1 is 0.902 bits per heavy atom. The smallest absolute Gasteiger partial charge is 0.262 e. The van der Waals surface area contributed by atoms with Crippen molar-refractivity contribution in [3.63, 3.8) is 0 Å². The molecule has 12 heteroatoms. The average Bonchev–Trinajstić information content (AvgIpc) is 2.89. The molecule has 0 aliphatic heterocycles. The number of nitrogens with one attached hydrogen (secondary N) is 2. The number of hydrogen-bond donors (Lipinski definition) is 2. The lowest BCUT2D eigenvalue weighted by Gasteiger charge is -2.22. The highest BCUT2D eigenvalue weighted by Gasteiger charge is 2.25. The van der Waals surface area contributed by atoms with Crippen LogP contribution in [-0.2, 0) is 16.2 Å². The summed E-state index contributed by atoms with van der Waals surface area (Å²) in [6.45, 7) is 5.66. The number of rotatable bonds is 12. The number of halogens is 5. The van der Waals surface area contributed by atoms with Gasteiger partial charge in [-0.15, -0.1) is 0 Å². The Morgan fingerprint density at radius 2 is 1.56 bits per heavy atom. The van der Waals surface area contributed by atoms with E-state index in [0.29, 0.717) is 38.6 Å². The largest absolute Gasteiger partial charge is 0.488 e. The topological polar surface area (TPSA) is 89.0 Å². The molecule has 0 aromatic heterocycles. The lowest BCUT2D eigenvalue weighted by molar-refractivity contribution is -0.132. The zero-order valence-corrected chi connectivity index (χ0v) is 27.0. The summed E-state index contributed by atoms with van der Waals surface area (Å²) in [6.07, 6.45) is 0.925. The quantitative estimate of drug-likeness (QED) is 0.147. The molecule has 0 fully saturated rings. The Morgan fingerprint density at radius 3 is 2.22 bits per heavy atom. The van der Waals surface area contributed by atoms with Crippen LogP contribution in [0.25, 0.3) is 0 Å². The van der Waals surface area contributed by atoms with E-state index >= 15 is 0 Å². The molecule has 0 bridgehead atoms. The highest BCUT2D eigenvalue weighted by atomic mass is 79.9. The van der Waals surface area contributed by atoms with Crippen LogP contribution in [0.4, 0.5) is 0 Å². The third kappa shape index (κ3) is 10.4. The maximum absolute atomic E-state index is 13.0. The molecule has 41 heavy (non-hydrogen) atoms. The third-order valence-corrected chi connectivity index (χ3v) is 7.27. The zero-order chi connectivity index (χ0) is 30.1. The van der Waals surface area contributed by atoms with Gasteiger partial charge in [0.05, 0.1) is 11.2 Å². The second-order valence-electron chi connectivity index (χ2n) is 9.47. The van der Waals surface area contributed by atoms with Gasteiger partial charge in [0, 0.05) is 30.7 Å². The van der Waals surface area contributed by atoms with Crippen molar-refractivity contribution in [2.45, 2.75) is 45.9 Å². The minimum atomic E-state index is -0.921. The molecule has 3 aromatic carbocycles. The summed E-state index contributed by atoms with van der Waals surface area (Å²) in [5.74, 6) is -0.0221. The van der Waals surface area contributed by atoms with Crippen molar-refractivity contribution >= 4 is 80.4 Å². The van der Waals surface area contributed by atoms with Crippen molar-refractivity contribution in [3.05, 3.63) is 90.3 Å². The van der Waals surface area contributed by atoms with E-state index in [1.54, 1.807) is 49.4 Å². The minimum Gasteiger partial charge on any atom is -0.488 e. The van der Waals surface area contributed by atoms with E-state index in [9.17, 15) is 9.59 Å². The molecule has 2 atom stereocenters. The van der Waals surface area contributed by atoms with Crippen LogP contribution in [0.15, 0.2) is 64.2 Å². The van der Waals surface area contributed by atoms with E-state index in [1.807, 2.05) is 19.9 Å². The van der Waals surface area contributed by atoms with Crippen LogP contribution in [0.5, 0.6) is 11.5 Å². The van der Waals surface area contributed by atoms with Crippen LogP contribution in [-0.4, -0.2) is 30.2 Å². The number of hydrazone groups is 1. The van der Waals surface area contributed by atoms with E-state index in [0.717, 1.165) is 10.0 Å². The number of carbonyl (C=O) groups excluding carboxylic acids is 2. The molecule has 0 heterocycles. The van der Waals surface area contributed by atoms with Crippen LogP contribution in [0.1, 0.15) is 38.3 Å². The first-order valence-corrected chi connectivity index (χ1v) is 14.8. The number of ether oxygens (including phenoxy) is 2. The number of benzene rings is 3. The second kappa shape index (κ2) is 15.7. The maximum atomic E-state index is 13.0. The highest BCUT2D eigenvalue weighted by molar-refractivity contribution is 9.10. The van der Waals surface area contributed by atoms with Gasteiger partial charge in [0.1, 0.15) is 24.1 Å². The fourth-order valence-corrected chi connectivity index (χ4v) is 4.89. The molecule has 0 spiro atoms. The van der Waals surface area contributed by atoms with Gasteiger partial charge in [-0.25, -0.2) is 5.43 Å². The van der Waals surface area contributed by atoms with Crippen molar-refractivity contribution in [1.29, 1.82) is 0 Å². The van der Waals surface area contributed by atoms with Gasteiger partial charge in [-0.1, -0.05) is 82.2 Å². The summed E-state index contributed by atoms with van der Waals surface area (Å²) >= 11 is 27.7. The van der Waals surface area contributed by atoms with Gasteiger partial charge in [-0.05, 0) is 67.8 Å². The molecule has 3 rings (SSSR count).